The van der Waals surface area contributed by atoms with Crippen LogP contribution in [0.2, 0.25) is 0 Å². The number of carbonyl (C=O) groups is 2. The highest BCUT2D eigenvalue weighted by molar-refractivity contribution is 5.87. The highest BCUT2D eigenvalue weighted by Crippen LogP contribution is 2.51. The summed E-state index contributed by atoms with van der Waals surface area (Å²) >= 11 is 0. The van der Waals surface area contributed by atoms with Gasteiger partial charge >= 0.3 is 11.9 Å². The molecule has 2 unspecified atom stereocenters. The van der Waals surface area contributed by atoms with Gasteiger partial charge in [0, 0.05) is 0 Å². The van der Waals surface area contributed by atoms with Crippen LogP contribution in [0, 0.1) is 11.3 Å². The predicted octanol–water partition coefficient (Wildman–Crippen LogP) is 4.64. The van der Waals surface area contributed by atoms with E-state index in [-0.39, 0.29) is 0 Å². The van der Waals surface area contributed by atoms with E-state index in [0.29, 0.717) is 19.3 Å². The molecule has 0 heterocycles. The van der Waals surface area contributed by atoms with Crippen molar-refractivity contribution in [1.82, 2.24) is 0 Å². The molecule has 0 aromatic rings. The van der Waals surface area contributed by atoms with E-state index in [0.717, 1.165) is 49.7 Å². The number of rotatable bonds is 9. The summed E-state index contributed by atoms with van der Waals surface area (Å²) in [6.45, 7) is 6.11. The SMILES string of the molecule is CCCCCCC1(C(=O)O)C(CC)=C(CC)CCC1C(=O)O. The molecule has 4 nitrogen and oxygen atoms in total. The monoisotopic (exact) mass is 310 g/mol. The van der Waals surface area contributed by atoms with Crippen LogP contribution in [-0.4, -0.2) is 22.2 Å². The van der Waals surface area contributed by atoms with Crippen LogP contribution in [0.25, 0.3) is 0 Å². The largest absolute Gasteiger partial charge is 0.481 e. The molecule has 0 amide bonds. The van der Waals surface area contributed by atoms with Crippen LogP contribution in [0.3, 0.4) is 0 Å². The molecule has 22 heavy (non-hydrogen) atoms. The Morgan fingerprint density at radius 3 is 2.23 bits per heavy atom. The van der Waals surface area contributed by atoms with Crippen molar-refractivity contribution in [2.75, 3.05) is 0 Å². The van der Waals surface area contributed by atoms with Gasteiger partial charge in [-0.25, -0.2) is 0 Å². The van der Waals surface area contributed by atoms with Gasteiger partial charge in [-0.05, 0) is 32.1 Å². The number of allylic oxidation sites excluding steroid dienone is 1. The van der Waals surface area contributed by atoms with Gasteiger partial charge in [0.15, 0.2) is 0 Å². The molecule has 0 spiro atoms. The molecule has 1 rings (SSSR count). The predicted molar refractivity (Wildman–Crippen MR) is 86.8 cm³/mol. The number of carboxylic acid groups (broad SMARTS) is 2. The first-order chi connectivity index (χ1) is 10.4. The lowest BCUT2D eigenvalue weighted by Crippen LogP contribution is -2.46. The fourth-order valence-corrected chi connectivity index (χ4v) is 4.07. The van der Waals surface area contributed by atoms with Crippen LogP contribution in [0.15, 0.2) is 11.1 Å². The van der Waals surface area contributed by atoms with Crippen molar-refractivity contribution in [1.29, 1.82) is 0 Å². The molecule has 0 bridgehead atoms. The zero-order valence-corrected chi connectivity index (χ0v) is 14.2. The maximum atomic E-state index is 12.2. The first-order valence-electron chi connectivity index (χ1n) is 8.63. The molecule has 0 saturated carbocycles. The second-order valence-corrected chi connectivity index (χ2v) is 6.31. The van der Waals surface area contributed by atoms with Crippen molar-refractivity contribution in [3.8, 4) is 0 Å². The molecule has 0 fully saturated rings. The van der Waals surface area contributed by atoms with Crippen LogP contribution in [0.1, 0.15) is 78.6 Å². The Hall–Kier alpha value is -1.32. The smallest absolute Gasteiger partial charge is 0.314 e. The van der Waals surface area contributed by atoms with Gasteiger partial charge in [0.1, 0.15) is 5.41 Å². The van der Waals surface area contributed by atoms with E-state index >= 15 is 0 Å². The summed E-state index contributed by atoms with van der Waals surface area (Å²) in [7, 11) is 0. The third-order valence-corrected chi connectivity index (χ3v) is 5.18. The third kappa shape index (κ3) is 3.53. The Kier molecular flexibility index (Phi) is 7.11. The Labute approximate surface area is 133 Å². The Morgan fingerprint density at radius 2 is 1.77 bits per heavy atom. The molecule has 2 atom stereocenters. The van der Waals surface area contributed by atoms with E-state index in [1.807, 2.05) is 13.8 Å². The molecule has 4 heteroatoms. The van der Waals surface area contributed by atoms with E-state index < -0.39 is 23.3 Å². The summed E-state index contributed by atoms with van der Waals surface area (Å²) in [5, 5.41) is 19.6. The van der Waals surface area contributed by atoms with Gasteiger partial charge in [-0.2, -0.15) is 0 Å². The second-order valence-electron chi connectivity index (χ2n) is 6.31. The van der Waals surface area contributed by atoms with Gasteiger partial charge in [0.2, 0.25) is 0 Å². The van der Waals surface area contributed by atoms with Crippen molar-refractivity contribution in [2.24, 2.45) is 11.3 Å². The van der Waals surface area contributed by atoms with E-state index in [9.17, 15) is 19.8 Å². The van der Waals surface area contributed by atoms with Gasteiger partial charge in [0.25, 0.3) is 0 Å². The van der Waals surface area contributed by atoms with Crippen LogP contribution in [-0.2, 0) is 9.59 Å². The molecule has 2 N–H and O–H groups in total. The molecule has 126 valence electrons. The van der Waals surface area contributed by atoms with Crippen LogP contribution < -0.4 is 0 Å². The van der Waals surface area contributed by atoms with Gasteiger partial charge in [-0.15, -0.1) is 0 Å². The summed E-state index contributed by atoms with van der Waals surface area (Å²) < 4.78 is 0. The molecule has 1 aliphatic carbocycles. The fourth-order valence-electron chi connectivity index (χ4n) is 4.07. The van der Waals surface area contributed by atoms with Crippen molar-refractivity contribution in [2.45, 2.75) is 78.6 Å². The minimum absolute atomic E-state index is 0.447. The Morgan fingerprint density at radius 1 is 1.09 bits per heavy atom. The van der Waals surface area contributed by atoms with Crippen LogP contribution in [0.4, 0.5) is 0 Å². The summed E-state index contributed by atoms with van der Waals surface area (Å²) in [5.74, 6) is -2.70. The zero-order chi connectivity index (χ0) is 16.8. The molecule has 0 aromatic carbocycles. The standard InChI is InChI=1S/C18H30O4/c1-4-7-8-9-12-18(17(21)22)14(6-3)13(5-2)10-11-15(18)16(19)20/h15H,4-12H2,1-3H3,(H,19,20)(H,21,22). The summed E-state index contributed by atoms with van der Waals surface area (Å²) in [4.78, 5) is 23.9. The number of hydrogen-bond donors (Lipinski definition) is 2. The number of unbranched alkanes of at least 4 members (excludes halogenated alkanes) is 3. The minimum Gasteiger partial charge on any atom is -0.481 e. The lowest BCUT2D eigenvalue weighted by atomic mass is 9.59. The molecule has 0 aromatic heterocycles. The Balaban J connectivity index is 3.26. The molecular weight excluding hydrogens is 280 g/mol. The van der Waals surface area contributed by atoms with Gasteiger partial charge in [-0.3, -0.25) is 9.59 Å². The van der Waals surface area contributed by atoms with E-state index in [2.05, 4.69) is 6.92 Å². The quantitative estimate of drug-likeness (QED) is 0.480. The maximum absolute atomic E-state index is 12.2. The van der Waals surface area contributed by atoms with E-state index in [1.54, 1.807) is 0 Å². The van der Waals surface area contributed by atoms with Crippen molar-refractivity contribution in [3.63, 3.8) is 0 Å². The third-order valence-electron chi connectivity index (χ3n) is 5.18. The summed E-state index contributed by atoms with van der Waals surface area (Å²) in [6.07, 6.45) is 6.97. The van der Waals surface area contributed by atoms with Crippen LogP contribution >= 0.6 is 0 Å². The highest BCUT2D eigenvalue weighted by Gasteiger charge is 2.53. The lowest BCUT2D eigenvalue weighted by Gasteiger charge is -2.42. The normalized spacial score (nSPS) is 25.3. The van der Waals surface area contributed by atoms with Crippen molar-refractivity contribution < 1.29 is 19.8 Å². The molecule has 0 aliphatic heterocycles. The molecule has 0 radical (unpaired) electrons. The lowest BCUT2D eigenvalue weighted by molar-refractivity contribution is -0.161. The number of carboxylic acids is 2. The summed E-state index contributed by atoms with van der Waals surface area (Å²) in [6, 6.07) is 0. The Bertz CT molecular complexity index is 438. The first kappa shape index (κ1) is 18.7. The topological polar surface area (TPSA) is 74.6 Å². The average Bonchev–Trinajstić information content (AvgIpc) is 2.49. The number of aliphatic carboxylic acids is 2. The second kappa shape index (κ2) is 8.35. The van der Waals surface area contributed by atoms with E-state index in [1.165, 1.54) is 0 Å². The molecular formula is C18H30O4. The summed E-state index contributed by atoms with van der Waals surface area (Å²) in [5.41, 5.74) is 0.855. The van der Waals surface area contributed by atoms with Gasteiger partial charge < -0.3 is 10.2 Å². The zero-order valence-electron chi connectivity index (χ0n) is 14.2. The van der Waals surface area contributed by atoms with Gasteiger partial charge in [-0.1, -0.05) is 57.6 Å². The maximum Gasteiger partial charge on any atom is 0.314 e. The number of hydrogen-bond acceptors (Lipinski definition) is 2. The van der Waals surface area contributed by atoms with Gasteiger partial charge in [0.05, 0.1) is 5.92 Å². The highest BCUT2D eigenvalue weighted by atomic mass is 16.4. The first-order valence-corrected chi connectivity index (χ1v) is 8.63. The molecule has 0 saturated heterocycles. The fraction of sp³-hybridized carbons (Fsp3) is 0.778. The average molecular weight is 310 g/mol. The van der Waals surface area contributed by atoms with E-state index in [4.69, 9.17) is 0 Å². The van der Waals surface area contributed by atoms with Crippen LogP contribution in [0.5, 0.6) is 0 Å². The van der Waals surface area contributed by atoms with Crippen molar-refractivity contribution >= 4 is 11.9 Å². The molecule has 1 aliphatic rings. The van der Waals surface area contributed by atoms with Crippen molar-refractivity contribution in [3.05, 3.63) is 11.1 Å². The minimum atomic E-state index is -1.20.